The number of ether oxygens (including phenoxy) is 6. The van der Waals surface area contributed by atoms with Gasteiger partial charge in [0.15, 0.2) is 17.8 Å². The number of carbonyl (C=O) groups excluding carboxylic acids is 1. The van der Waals surface area contributed by atoms with E-state index in [-0.39, 0.29) is 32.9 Å². The van der Waals surface area contributed by atoms with E-state index in [2.05, 4.69) is 33.1 Å². The topological polar surface area (TPSA) is 111 Å². The van der Waals surface area contributed by atoms with Crippen LogP contribution in [0.3, 0.4) is 0 Å². The Labute approximate surface area is 250 Å². The molecule has 0 aliphatic carbocycles. The second kappa shape index (κ2) is 18.5. The second-order valence-electron chi connectivity index (χ2n) is 8.42. The molecule has 0 N–H and O–H groups in total. The summed E-state index contributed by atoms with van der Waals surface area (Å²) in [5.41, 5.74) is 0.996. The van der Waals surface area contributed by atoms with Crippen molar-refractivity contribution in [3.8, 4) is 17.2 Å². The summed E-state index contributed by atoms with van der Waals surface area (Å²) in [4.78, 5) is 19.0. The van der Waals surface area contributed by atoms with Crippen LogP contribution in [-0.2, 0) is 65.6 Å². The van der Waals surface area contributed by atoms with Crippen molar-refractivity contribution in [2.45, 2.75) is 52.0 Å². The molecule has 13 heteroatoms. The summed E-state index contributed by atoms with van der Waals surface area (Å²) in [7, 11) is 9.79. The summed E-state index contributed by atoms with van der Waals surface area (Å²) in [6, 6.07) is 3.92. The minimum Gasteiger partial charge on any atom is -0.573 e. The van der Waals surface area contributed by atoms with E-state index in [4.69, 9.17) is 33.2 Å². The number of nitrogens with zero attached hydrogens (tertiary/aromatic N) is 5. The average Bonchev–Trinajstić information content (AvgIpc) is 3.62. The molecule has 1 unspecified atom stereocenters. The number of benzene rings is 1. The van der Waals surface area contributed by atoms with E-state index in [1.165, 1.54) is 0 Å². The molecule has 1 atom stereocenters. The molecule has 222 valence electrons. The predicted octanol–water partition coefficient (Wildman–Crippen LogP) is 3.08. The molecule has 0 amide bonds. The third-order valence-corrected chi connectivity index (χ3v) is 6.21. The molecule has 2 radical (unpaired) electrons. The molecule has 40 heavy (non-hydrogen) atoms. The third-order valence-electron chi connectivity index (χ3n) is 6.21. The zero-order chi connectivity index (χ0) is 28.8. The SMILES string of the molecule is CCC(OC)n1ccnc1CN(Cc1cc(OC)c(OC)c(OC)c1)Cc1nccn1CC(OC)OC.[C-]=O.[Re]. The number of hydrogen-bond donors (Lipinski definition) is 0. The largest absolute Gasteiger partial charge is 0.573 e. The Hall–Kier alpha value is -2.79. The van der Waals surface area contributed by atoms with Crippen LogP contribution in [0.5, 0.6) is 17.2 Å². The molecule has 12 nitrogen and oxygen atoms in total. The first-order valence-electron chi connectivity index (χ1n) is 12.3. The Bertz CT molecular complexity index is 1090. The van der Waals surface area contributed by atoms with Crippen LogP contribution in [0.25, 0.3) is 0 Å². The number of imidazole rings is 2. The smallest absolute Gasteiger partial charge is 0.203 e. The first kappa shape index (κ1) is 35.2. The van der Waals surface area contributed by atoms with Gasteiger partial charge in [0.2, 0.25) is 5.75 Å². The summed E-state index contributed by atoms with van der Waals surface area (Å²) < 4.78 is 37.2. The molecule has 1 aromatic carbocycles. The van der Waals surface area contributed by atoms with Gasteiger partial charge in [0.05, 0.1) is 41.0 Å². The molecule has 0 spiro atoms. The van der Waals surface area contributed by atoms with E-state index < -0.39 is 0 Å². The molecule has 0 saturated heterocycles. The van der Waals surface area contributed by atoms with Crippen molar-refractivity contribution in [1.82, 2.24) is 24.0 Å². The van der Waals surface area contributed by atoms with Crippen molar-refractivity contribution in [3.05, 3.63) is 54.1 Å². The van der Waals surface area contributed by atoms with Crippen molar-refractivity contribution < 1.29 is 53.6 Å². The molecule has 0 bridgehead atoms. The molecular formula is C27H39N5O7Re-. The number of hydrogen-bond acceptors (Lipinski definition) is 10. The van der Waals surface area contributed by atoms with Crippen LogP contribution >= 0.6 is 0 Å². The van der Waals surface area contributed by atoms with E-state index >= 15 is 0 Å². The molecule has 0 aliphatic heterocycles. The summed E-state index contributed by atoms with van der Waals surface area (Å²) in [6.07, 6.45) is 7.83. The van der Waals surface area contributed by atoms with Gasteiger partial charge in [-0.1, -0.05) is 6.92 Å². The van der Waals surface area contributed by atoms with E-state index in [0.29, 0.717) is 43.4 Å². The van der Waals surface area contributed by atoms with Crippen LogP contribution in [0.2, 0.25) is 0 Å². The molecule has 3 aromatic rings. The maximum absolute atomic E-state index is 7.50. The maximum Gasteiger partial charge on any atom is 0.203 e. The monoisotopic (exact) mass is 732 g/mol. The number of aromatic nitrogens is 4. The first-order valence-corrected chi connectivity index (χ1v) is 12.3. The van der Waals surface area contributed by atoms with Crippen LogP contribution in [0.1, 0.15) is 36.8 Å². The molecule has 2 aromatic heterocycles. The van der Waals surface area contributed by atoms with E-state index in [9.17, 15) is 0 Å². The van der Waals surface area contributed by atoms with Gasteiger partial charge in [-0.25, -0.2) is 9.97 Å². The fraction of sp³-hybridized carbons (Fsp3) is 0.519. The van der Waals surface area contributed by atoms with Crippen molar-refractivity contribution >= 4 is 6.79 Å². The van der Waals surface area contributed by atoms with Gasteiger partial charge in [-0.05, 0) is 24.1 Å². The van der Waals surface area contributed by atoms with Crippen LogP contribution < -0.4 is 14.2 Å². The Morgan fingerprint density at radius 2 is 1.40 bits per heavy atom. The molecule has 0 fully saturated rings. The Morgan fingerprint density at radius 3 is 1.93 bits per heavy atom. The molecule has 2 heterocycles. The summed E-state index contributed by atoms with van der Waals surface area (Å²) >= 11 is 0. The fourth-order valence-electron chi connectivity index (χ4n) is 4.32. The summed E-state index contributed by atoms with van der Waals surface area (Å²) in [6.45, 7) is 8.81. The maximum atomic E-state index is 7.50. The molecular weight excluding hydrogens is 693 g/mol. The van der Waals surface area contributed by atoms with E-state index in [1.807, 2.05) is 29.1 Å². The zero-order valence-corrected chi connectivity index (χ0v) is 26.8. The van der Waals surface area contributed by atoms with Gasteiger partial charge in [0.25, 0.3) is 0 Å². The van der Waals surface area contributed by atoms with E-state index in [0.717, 1.165) is 23.6 Å². The van der Waals surface area contributed by atoms with Crippen LogP contribution in [0, 0.1) is 0 Å². The van der Waals surface area contributed by atoms with Gasteiger partial charge in [0, 0.05) is 73.1 Å². The standard InChI is InChI=1S/C26H39N5O6.CO.Re/c1-8-24(34-4)31-12-10-28-23(31)17-29(16-22-27-9-11-30(22)18-25(35-5)36-6)15-19-13-20(32-2)26(37-7)21(14-19)33-3;1-2;/h9-14,24-25H,8,15-18H2,1-7H3;;/q;-1;. The Morgan fingerprint density at radius 1 is 0.825 bits per heavy atom. The van der Waals surface area contributed by atoms with Gasteiger partial charge in [-0.3, -0.25) is 4.90 Å². The fourth-order valence-corrected chi connectivity index (χ4v) is 4.32. The number of methoxy groups -OCH3 is 6. The van der Waals surface area contributed by atoms with Gasteiger partial charge in [-0.15, -0.1) is 0 Å². The zero-order valence-electron chi connectivity index (χ0n) is 24.1. The van der Waals surface area contributed by atoms with Crippen LogP contribution in [0.15, 0.2) is 36.9 Å². The van der Waals surface area contributed by atoms with Gasteiger partial charge in [-0.2, -0.15) is 0 Å². The van der Waals surface area contributed by atoms with Crippen molar-refractivity contribution in [2.75, 3.05) is 42.7 Å². The number of rotatable bonds is 16. The normalized spacial score (nSPS) is 11.5. The molecule has 3 rings (SSSR count). The van der Waals surface area contributed by atoms with Gasteiger partial charge in [0.1, 0.15) is 17.9 Å². The van der Waals surface area contributed by atoms with Crippen LogP contribution in [-0.4, -0.2) is 79.7 Å². The quantitative estimate of drug-likeness (QED) is 0.161. The van der Waals surface area contributed by atoms with Gasteiger partial charge >= 0.3 is 0 Å². The summed E-state index contributed by atoms with van der Waals surface area (Å²) in [5.74, 6) is 3.54. The third kappa shape index (κ3) is 9.12. The van der Waals surface area contributed by atoms with Crippen molar-refractivity contribution in [3.63, 3.8) is 0 Å². The predicted molar refractivity (Wildman–Crippen MR) is 143 cm³/mol. The van der Waals surface area contributed by atoms with E-state index in [1.54, 1.807) is 55.1 Å². The minimum atomic E-state index is -0.373. The van der Waals surface area contributed by atoms with Crippen molar-refractivity contribution in [1.29, 1.82) is 0 Å². The van der Waals surface area contributed by atoms with Gasteiger partial charge < -0.3 is 49.1 Å². The van der Waals surface area contributed by atoms with Crippen LogP contribution in [0.4, 0.5) is 0 Å². The first-order chi connectivity index (χ1) is 19.0. The second-order valence-corrected chi connectivity index (χ2v) is 8.42. The minimum absolute atomic E-state index is 0. The average molecular weight is 732 g/mol. The Kier molecular flexibility index (Phi) is 16.3. The molecule has 0 saturated carbocycles. The Balaban J connectivity index is 0.00000261. The molecule has 0 aliphatic rings. The summed E-state index contributed by atoms with van der Waals surface area (Å²) in [5, 5.41) is 0. The van der Waals surface area contributed by atoms with Crippen molar-refractivity contribution in [2.24, 2.45) is 0 Å².